The largest absolute Gasteiger partial charge is 0.494 e. The summed E-state index contributed by atoms with van der Waals surface area (Å²) in [5, 5.41) is 17.8. The van der Waals surface area contributed by atoms with E-state index >= 15 is 0 Å². The molecule has 0 saturated carbocycles. The fourth-order valence-electron chi connectivity index (χ4n) is 4.72. The molecular formula is C23H28FN7O6S. The monoisotopic (exact) mass is 549 g/mol. The molecule has 5 rings (SSSR count). The Labute approximate surface area is 218 Å². The predicted octanol–water partition coefficient (Wildman–Crippen LogP) is 1.45. The van der Waals surface area contributed by atoms with Crippen molar-refractivity contribution in [3.8, 4) is 17.2 Å². The topological polar surface area (TPSA) is 154 Å². The third kappa shape index (κ3) is 5.08. The molecule has 4 heterocycles. The van der Waals surface area contributed by atoms with Crippen LogP contribution >= 0.6 is 0 Å². The van der Waals surface area contributed by atoms with Crippen LogP contribution in [0.2, 0.25) is 0 Å². The van der Waals surface area contributed by atoms with Gasteiger partial charge in [-0.15, -0.1) is 10.2 Å². The highest BCUT2D eigenvalue weighted by molar-refractivity contribution is 7.93. The van der Waals surface area contributed by atoms with Crippen molar-refractivity contribution < 1.29 is 32.1 Å². The van der Waals surface area contributed by atoms with Crippen molar-refractivity contribution in [3.05, 3.63) is 42.2 Å². The van der Waals surface area contributed by atoms with E-state index in [-0.39, 0.29) is 31.4 Å². The standard InChI is InChI=1S/C23H28FN7O6S/c1-35-17-5-3-6-18(36-2)20(17)31-21(19-7-4-8-37-19)27-28-23(31)29-38(33,34)16-9-15(32)12-30(13-16)22-25-10-14(24)11-26-22/h3,5-6,10-11,15-16,19,32H,4,7-9,12-13H2,1-2H3,(H,28,29)/t15-,16-,19-/m1/s1. The maximum Gasteiger partial charge on any atom is 0.243 e. The van der Waals surface area contributed by atoms with Gasteiger partial charge in [0.05, 0.1) is 32.7 Å². The fourth-order valence-corrected chi connectivity index (χ4v) is 6.12. The van der Waals surface area contributed by atoms with Crippen molar-refractivity contribution in [3.63, 3.8) is 0 Å². The zero-order chi connectivity index (χ0) is 26.9. The first-order valence-corrected chi connectivity index (χ1v) is 13.6. The van der Waals surface area contributed by atoms with Gasteiger partial charge < -0.3 is 24.2 Å². The summed E-state index contributed by atoms with van der Waals surface area (Å²) >= 11 is 0. The van der Waals surface area contributed by atoms with E-state index in [0.717, 1.165) is 18.8 Å². The summed E-state index contributed by atoms with van der Waals surface area (Å²) in [6.07, 6.45) is 2.07. The fraction of sp³-hybridized carbons (Fsp3) is 0.478. The van der Waals surface area contributed by atoms with Gasteiger partial charge in [-0.3, -0.25) is 9.29 Å². The second kappa shape index (κ2) is 10.7. The molecule has 0 spiro atoms. The molecule has 0 bridgehead atoms. The Hall–Kier alpha value is -3.56. The number of para-hydroxylation sites is 1. The molecule has 2 aliphatic heterocycles. The lowest BCUT2D eigenvalue weighted by Gasteiger charge is -2.35. The Kier molecular flexibility index (Phi) is 7.32. The van der Waals surface area contributed by atoms with Gasteiger partial charge in [-0.05, 0) is 31.4 Å². The third-order valence-corrected chi connectivity index (χ3v) is 8.17. The molecule has 3 aromatic rings. The SMILES string of the molecule is COc1cccc(OC)c1-n1c(NS(=O)(=O)[C@@H]2C[C@@H](O)CN(c3ncc(F)cn3)C2)nnc1[C@H]1CCCO1. The van der Waals surface area contributed by atoms with Crippen molar-refractivity contribution in [1.82, 2.24) is 24.7 Å². The Morgan fingerprint density at radius 3 is 2.47 bits per heavy atom. The number of aliphatic hydroxyl groups excluding tert-OH is 1. The summed E-state index contributed by atoms with van der Waals surface area (Å²) in [6.45, 7) is 0.626. The first kappa shape index (κ1) is 26.1. The number of hydrogen-bond acceptors (Lipinski definition) is 11. The maximum atomic E-state index is 13.6. The first-order chi connectivity index (χ1) is 18.3. The number of piperidine rings is 1. The van der Waals surface area contributed by atoms with E-state index in [0.29, 0.717) is 36.0 Å². The number of methoxy groups -OCH3 is 2. The summed E-state index contributed by atoms with van der Waals surface area (Å²) in [5.74, 6) is 0.641. The minimum atomic E-state index is -4.13. The highest BCUT2D eigenvalue weighted by atomic mass is 32.2. The minimum absolute atomic E-state index is 0.0251. The summed E-state index contributed by atoms with van der Waals surface area (Å²) in [7, 11) is -1.14. The quantitative estimate of drug-likeness (QED) is 0.420. The minimum Gasteiger partial charge on any atom is -0.494 e. The van der Waals surface area contributed by atoms with E-state index in [9.17, 15) is 17.9 Å². The normalized spacial score (nSPS) is 21.9. The third-order valence-electron chi connectivity index (χ3n) is 6.48. The van der Waals surface area contributed by atoms with Crippen LogP contribution in [-0.4, -0.2) is 83.5 Å². The van der Waals surface area contributed by atoms with Gasteiger partial charge in [0.25, 0.3) is 0 Å². The average Bonchev–Trinajstić information content (AvgIpc) is 3.58. The summed E-state index contributed by atoms with van der Waals surface area (Å²) < 4.78 is 61.6. The molecule has 0 radical (unpaired) electrons. The van der Waals surface area contributed by atoms with E-state index in [4.69, 9.17) is 14.2 Å². The van der Waals surface area contributed by atoms with Crippen LogP contribution in [0.4, 0.5) is 16.3 Å². The Morgan fingerprint density at radius 1 is 1.13 bits per heavy atom. The Morgan fingerprint density at radius 2 is 1.84 bits per heavy atom. The number of anilines is 2. The van der Waals surface area contributed by atoms with Crippen LogP contribution in [0, 0.1) is 5.82 Å². The van der Waals surface area contributed by atoms with Gasteiger partial charge in [-0.25, -0.2) is 22.8 Å². The summed E-state index contributed by atoms with van der Waals surface area (Å²) in [5.41, 5.74) is 0.413. The van der Waals surface area contributed by atoms with Crippen LogP contribution in [0.25, 0.3) is 5.69 Å². The molecule has 1 aromatic carbocycles. The van der Waals surface area contributed by atoms with Crippen LogP contribution in [0.15, 0.2) is 30.6 Å². The van der Waals surface area contributed by atoms with E-state index in [1.807, 2.05) is 0 Å². The second-order valence-corrected chi connectivity index (χ2v) is 11.0. The molecule has 0 unspecified atom stereocenters. The lowest BCUT2D eigenvalue weighted by atomic mass is 10.1. The van der Waals surface area contributed by atoms with Crippen molar-refractivity contribution in [2.24, 2.45) is 0 Å². The molecule has 3 atom stereocenters. The molecule has 204 valence electrons. The Balaban J connectivity index is 1.51. The first-order valence-electron chi connectivity index (χ1n) is 12.0. The van der Waals surface area contributed by atoms with Gasteiger partial charge >= 0.3 is 0 Å². The number of hydrogen-bond donors (Lipinski definition) is 2. The molecule has 2 aromatic heterocycles. The van der Waals surface area contributed by atoms with E-state index in [1.54, 1.807) is 18.2 Å². The lowest BCUT2D eigenvalue weighted by Crippen LogP contribution is -2.50. The van der Waals surface area contributed by atoms with Gasteiger partial charge in [0, 0.05) is 19.7 Å². The van der Waals surface area contributed by atoms with E-state index < -0.39 is 33.3 Å². The molecule has 2 aliphatic rings. The highest BCUT2D eigenvalue weighted by Crippen LogP contribution is 2.39. The maximum absolute atomic E-state index is 13.6. The van der Waals surface area contributed by atoms with Crippen molar-refractivity contribution in [2.75, 3.05) is 43.5 Å². The smallest absolute Gasteiger partial charge is 0.243 e. The number of benzene rings is 1. The highest BCUT2D eigenvalue weighted by Gasteiger charge is 2.38. The number of halogens is 1. The number of rotatable bonds is 8. The van der Waals surface area contributed by atoms with Gasteiger partial charge in [-0.2, -0.15) is 0 Å². The molecule has 2 fully saturated rings. The summed E-state index contributed by atoms with van der Waals surface area (Å²) in [6, 6.07) is 5.18. The Bertz CT molecular complexity index is 1360. The number of aliphatic hydroxyl groups is 1. The summed E-state index contributed by atoms with van der Waals surface area (Å²) in [4.78, 5) is 9.35. The van der Waals surface area contributed by atoms with E-state index in [1.165, 1.54) is 23.7 Å². The van der Waals surface area contributed by atoms with Crippen LogP contribution < -0.4 is 19.1 Å². The van der Waals surface area contributed by atoms with E-state index in [2.05, 4.69) is 24.9 Å². The van der Waals surface area contributed by atoms with Crippen LogP contribution in [0.3, 0.4) is 0 Å². The molecular weight excluding hydrogens is 521 g/mol. The van der Waals surface area contributed by atoms with Crippen molar-refractivity contribution in [2.45, 2.75) is 36.7 Å². The average molecular weight is 550 g/mol. The van der Waals surface area contributed by atoms with Crippen LogP contribution in [0.1, 0.15) is 31.2 Å². The molecule has 0 aliphatic carbocycles. The van der Waals surface area contributed by atoms with Crippen molar-refractivity contribution in [1.29, 1.82) is 0 Å². The zero-order valence-electron chi connectivity index (χ0n) is 20.8. The van der Waals surface area contributed by atoms with Crippen molar-refractivity contribution >= 4 is 21.9 Å². The van der Waals surface area contributed by atoms with Crippen LogP contribution in [-0.2, 0) is 14.8 Å². The number of nitrogens with zero attached hydrogens (tertiary/aromatic N) is 6. The number of sulfonamides is 1. The molecule has 13 nitrogen and oxygen atoms in total. The molecule has 0 amide bonds. The molecule has 2 saturated heterocycles. The zero-order valence-corrected chi connectivity index (χ0v) is 21.6. The molecule has 15 heteroatoms. The second-order valence-electron chi connectivity index (χ2n) is 8.99. The number of nitrogens with one attached hydrogen (secondary N) is 1. The molecule has 38 heavy (non-hydrogen) atoms. The van der Waals surface area contributed by atoms with Crippen LogP contribution in [0.5, 0.6) is 11.5 Å². The van der Waals surface area contributed by atoms with Gasteiger partial charge in [0.1, 0.15) is 28.5 Å². The molecule has 2 N–H and O–H groups in total. The lowest BCUT2D eigenvalue weighted by molar-refractivity contribution is 0.103. The number of ether oxygens (including phenoxy) is 3. The van der Waals surface area contributed by atoms with Gasteiger partial charge in [-0.1, -0.05) is 6.07 Å². The van der Waals surface area contributed by atoms with Gasteiger partial charge in [0.15, 0.2) is 11.6 Å². The predicted molar refractivity (Wildman–Crippen MR) is 134 cm³/mol. The van der Waals surface area contributed by atoms with Gasteiger partial charge in [0.2, 0.25) is 21.9 Å². The number of aromatic nitrogens is 5. The number of β-amino-alcohol motifs (C(OH)–C–C–N with tert-alkyl or cyclic N) is 1.